The van der Waals surface area contributed by atoms with E-state index in [9.17, 15) is 8.78 Å². The van der Waals surface area contributed by atoms with Gasteiger partial charge in [-0.15, -0.1) is 0 Å². The molecule has 34 heavy (non-hydrogen) atoms. The third-order valence-corrected chi connectivity index (χ3v) is 6.30. The van der Waals surface area contributed by atoms with Crippen LogP contribution in [0.25, 0.3) is 33.1 Å². The third kappa shape index (κ3) is 4.98. The van der Waals surface area contributed by atoms with Crippen LogP contribution in [-0.2, 0) is 0 Å². The van der Waals surface area contributed by atoms with E-state index in [2.05, 4.69) is 22.8 Å². The van der Waals surface area contributed by atoms with Crippen LogP contribution in [0, 0.1) is 11.6 Å². The lowest BCUT2D eigenvalue weighted by Gasteiger charge is -2.06. The van der Waals surface area contributed by atoms with Crippen molar-refractivity contribution in [3.8, 4) is 0 Å². The number of furan rings is 2. The predicted octanol–water partition coefficient (Wildman–Crippen LogP) is 6.68. The van der Waals surface area contributed by atoms with E-state index in [-0.39, 0.29) is 11.6 Å². The second kappa shape index (κ2) is 10.4. The smallest absolute Gasteiger partial charge is 0.141 e. The molecule has 2 N–H and O–H groups in total. The van der Waals surface area contributed by atoms with Crippen molar-refractivity contribution in [3.63, 3.8) is 0 Å². The summed E-state index contributed by atoms with van der Waals surface area (Å²) in [4.78, 5) is 0. The van der Waals surface area contributed by atoms with Crippen LogP contribution >= 0.6 is 0 Å². The highest BCUT2D eigenvalue weighted by molar-refractivity contribution is 5.90. The molecule has 0 radical (unpaired) electrons. The molecule has 6 rings (SSSR count). The predicted molar refractivity (Wildman–Crippen MR) is 133 cm³/mol. The lowest BCUT2D eigenvalue weighted by molar-refractivity contribution is 0.607. The lowest BCUT2D eigenvalue weighted by atomic mass is 9.99. The van der Waals surface area contributed by atoms with Gasteiger partial charge in [0.2, 0.25) is 0 Å². The molecular weight excluding hydrogens is 434 g/mol. The Kier molecular flexibility index (Phi) is 6.88. The molecule has 176 valence electrons. The van der Waals surface area contributed by atoms with Crippen LogP contribution in [0.5, 0.6) is 0 Å². The lowest BCUT2D eigenvalue weighted by Crippen LogP contribution is -2.13. The Morgan fingerprint density at radius 1 is 0.676 bits per heavy atom. The van der Waals surface area contributed by atoms with Gasteiger partial charge in [0.25, 0.3) is 0 Å². The fourth-order valence-corrected chi connectivity index (χ4v) is 4.66. The molecule has 0 amide bonds. The molecule has 4 heterocycles. The van der Waals surface area contributed by atoms with Crippen molar-refractivity contribution in [1.29, 1.82) is 0 Å². The zero-order chi connectivity index (χ0) is 23.3. The van der Waals surface area contributed by atoms with E-state index in [1.54, 1.807) is 36.8 Å². The number of halogens is 2. The Morgan fingerprint density at radius 3 is 2.00 bits per heavy atom. The van der Waals surface area contributed by atoms with Gasteiger partial charge in [0.15, 0.2) is 0 Å². The van der Waals surface area contributed by atoms with Gasteiger partial charge in [-0.3, -0.25) is 0 Å². The Balaban J connectivity index is 0.000000142. The molecule has 2 aromatic heterocycles. The van der Waals surface area contributed by atoms with Crippen LogP contribution in [0.4, 0.5) is 8.78 Å². The monoisotopic (exact) mass is 462 g/mol. The molecule has 4 aromatic rings. The zero-order valence-corrected chi connectivity index (χ0v) is 19.0. The highest BCUT2D eigenvalue weighted by atomic mass is 19.1. The Morgan fingerprint density at radius 2 is 1.32 bits per heavy atom. The average Bonchev–Trinajstić information content (AvgIpc) is 3.29. The summed E-state index contributed by atoms with van der Waals surface area (Å²) in [6.45, 7) is 3.77. The van der Waals surface area contributed by atoms with E-state index < -0.39 is 0 Å². The molecule has 0 bridgehead atoms. The zero-order valence-electron chi connectivity index (χ0n) is 19.0. The van der Waals surface area contributed by atoms with Crippen molar-refractivity contribution < 1.29 is 17.6 Å². The quantitative estimate of drug-likeness (QED) is 0.349. The van der Waals surface area contributed by atoms with Gasteiger partial charge < -0.3 is 19.5 Å². The molecule has 0 saturated heterocycles. The molecule has 4 nitrogen and oxygen atoms in total. The van der Waals surface area contributed by atoms with E-state index in [1.165, 1.54) is 23.3 Å². The Labute approximate surface area is 197 Å². The van der Waals surface area contributed by atoms with E-state index in [1.807, 2.05) is 0 Å². The van der Waals surface area contributed by atoms with Gasteiger partial charge in [-0.1, -0.05) is 12.2 Å². The molecule has 0 saturated carbocycles. The van der Waals surface area contributed by atoms with Crippen LogP contribution in [-0.4, -0.2) is 26.2 Å². The summed E-state index contributed by atoms with van der Waals surface area (Å²) < 4.78 is 38.0. The van der Waals surface area contributed by atoms with Gasteiger partial charge in [-0.2, -0.15) is 0 Å². The SMILES string of the molecule is Fc1cc(C2=CCCNCC2)c2occc2c1.Fc1cc(C2=CCNCCC2)c2occc2c1. The van der Waals surface area contributed by atoms with Gasteiger partial charge in [0, 0.05) is 28.4 Å². The second-order valence-corrected chi connectivity index (χ2v) is 8.64. The fraction of sp³-hybridized carbons (Fsp3) is 0.286. The van der Waals surface area contributed by atoms with Crippen LogP contribution in [0.15, 0.2) is 69.9 Å². The number of hydrogen-bond donors (Lipinski definition) is 2. The number of benzene rings is 2. The number of hydrogen-bond acceptors (Lipinski definition) is 4. The van der Waals surface area contributed by atoms with Crippen molar-refractivity contribution in [3.05, 3.63) is 83.8 Å². The van der Waals surface area contributed by atoms with Crippen LogP contribution in [0.1, 0.15) is 36.8 Å². The summed E-state index contributed by atoms with van der Waals surface area (Å²) in [5.41, 5.74) is 5.73. The van der Waals surface area contributed by atoms with Gasteiger partial charge >= 0.3 is 0 Å². The normalized spacial score (nSPS) is 16.9. The van der Waals surface area contributed by atoms with Crippen molar-refractivity contribution in [2.24, 2.45) is 0 Å². The highest BCUT2D eigenvalue weighted by Crippen LogP contribution is 2.31. The van der Waals surface area contributed by atoms with Gasteiger partial charge in [0.1, 0.15) is 22.8 Å². The first-order chi connectivity index (χ1) is 16.7. The first-order valence-corrected chi connectivity index (χ1v) is 11.8. The summed E-state index contributed by atoms with van der Waals surface area (Å²) in [5, 5.41) is 8.29. The molecule has 2 aliphatic rings. The van der Waals surface area contributed by atoms with Gasteiger partial charge in [-0.25, -0.2) is 8.78 Å². The molecule has 0 aliphatic carbocycles. The number of fused-ring (bicyclic) bond motifs is 2. The topological polar surface area (TPSA) is 50.3 Å². The van der Waals surface area contributed by atoms with Crippen molar-refractivity contribution >= 4 is 33.1 Å². The molecule has 0 spiro atoms. The van der Waals surface area contributed by atoms with E-state index >= 15 is 0 Å². The number of allylic oxidation sites excluding steroid dienone is 1. The molecule has 0 atom stereocenters. The number of nitrogens with one attached hydrogen (secondary N) is 2. The van der Waals surface area contributed by atoms with Crippen molar-refractivity contribution in [2.45, 2.75) is 25.7 Å². The standard InChI is InChI=1S/2C14H14FNO/c2*15-12-8-11-4-7-17-14(11)13(9-12)10-2-1-5-16-6-3-10/h3-4,7-9,16H,1-2,5-6H2;2,4,7-9,16H,1,3,5-6H2. The molecular formula is C28H28F2N2O2. The summed E-state index contributed by atoms with van der Waals surface area (Å²) in [5.74, 6) is -0.404. The van der Waals surface area contributed by atoms with Crippen LogP contribution in [0.3, 0.4) is 0 Å². The highest BCUT2D eigenvalue weighted by Gasteiger charge is 2.14. The minimum absolute atomic E-state index is 0.202. The molecule has 0 fully saturated rings. The minimum Gasteiger partial charge on any atom is -0.464 e. The number of rotatable bonds is 2. The van der Waals surface area contributed by atoms with Gasteiger partial charge in [0.05, 0.1) is 12.5 Å². The third-order valence-electron chi connectivity index (χ3n) is 6.30. The first kappa shape index (κ1) is 22.6. The summed E-state index contributed by atoms with van der Waals surface area (Å²) in [6, 6.07) is 9.77. The van der Waals surface area contributed by atoms with E-state index in [0.29, 0.717) is 0 Å². The maximum atomic E-state index is 13.5. The first-order valence-electron chi connectivity index (χ1n) is 11.8. The Bertz CT molecular complexity index is 1250. The summed E-state index contributed by atoms with van der Waals surface area (Å²) >= 11 is 0. The second-order valence-electron chi connectivity index (χ2n) is 8.64. The molecule has 2 aromatic carbocycles. The Hall–Kier alpha value is -3.22. The molecule has 2 aliphatic heterocycles. The average molecular weight is 463 g/mol. The van der Waals surface area contributed by atoms with Crippen LogP contribution < -0.4 is 10.6 Å². The van der Waals surface area contributed by atoms with Crippen molar-refractivity contribution in [2.75, 3.05) is 26.2 Å². The maximum absolute atomic E-state index is 13.5. The minimum atomic E-state index is -0.202. The van der Waals surface area contributed by atoms with E-state index in [0.717, 1.165) is 84.9 Å². The largest absolute Gasteiger partial charge is 0.464 e. The van der Waals surface area contributed by atoms with Gasteiger partial charge in [-0.05, 0) is 92.9 Å². The van der Waals surface area contributed by atoms with E-state index in [4.69, 9.17) is 8.83 Å². The molecule has 6 heteroatoms. The maximum Gasteiger partial charge on any atom is 0.141 e. The van der Waals surface area contributed by atoms with Crippen LogP contribution in [0.2, 0.25) is 0 Å². The summed E-state index contributed by atoms with van der Waals surface area (Å²) in [6.07, 6.45) is 11.5. The molecule has 0 unspecified atom stereocenters. The van der Waals surface area contributed by atoms with Crippen molar-refractivity contribution in [1.82, 2.24) is 10.6 Å². The summed E-state index contributed by atoms with van der Waals surface area (Å²) in [7, 11) is 0. The fourth-order valence-electron chi connectivity index (χ4n) is 4.66.